The van der Waals surface area contributed by atoms with E-state index in [1.54, 1.807) is 0 Å². The van der Waals surface area contributed by atoms with Gasteiger partial charge in [-0.1, -0.05) is 12.1 Å². The molecule has 1 aliphatic rings. The van der Waals surface area contributed by atoms with Gasteiger partial charge in [0.05, 0.1) is 0 Å². The number of hydrogen-bond acceptors (Lipinski definition) is 2. The molecule has 0 atom stereocenters. The fourth-order valence-corrected chi connectivity index (χ4v) is 2.81. The molecule has 0 fully saturated rings. The number of aryl methyl sites for hydroxylation is 1. The van der Waals surface area contributed by atoms with Gasteiger partial charge < -0.3 is 5.73 Å². The second-order valence-corrected chi connectivity index (χ2v) is 4.57. The summed E-state index contributed by atoms with van der Waals surface area (Å²) in [7, 11) is 0. The maximum absolute atomic E-state index is 5.53. The minimum absolute atomic E-state index is 0.753. The maximum atomic E-state index is 5.53. The van der Waals surface area contributed by atoms with Crippen LogP contribution >= 0.6 is 11.8 Å². The average Bonchev–Trinajstić information content (AvgIpc) is 2.18. The zero-order valence-corrected chi connectivity index (χ0v) is 8.57. The van der Waals surface area contributed by atoms with E-state index in [4.69, 9.17) is 5.73 Å². The summed E-state index contributed by atoms with van der Waals surface area (Å²) in [4.78, 5) is 1.48. The molecule has 0 aromatic heterocycles. The molecular formula is C11H15NS. The molecule has 70 valence electrons. The van der Waals surface area contributed by atoms with E-state index in [0.717, 1.165) is 13.0 Å². The summed E-state index contributed by atoms with van der Waals surface area (Å²) >= 11 is 1.99. The van der Waals surface area contributed by atoms with Crippen LogP contribution in [0.1, 0.15) is 17.5 Å². The Bertz CT molecular complexity index is 296. The first-order chi connectivity index (χ1) is 6.40. The van der Waals surface area contributed by atoms with Crippen molar-refractivity contribution in [3.8, 4) is 0 Å². The molecule has 0 aliphatic carbocycles. The van der Waals surface area contributed by atoms with Gasteiger partial charge in [0.15, 0.2) is 0 Å². The number of fused-ring (bicyclic) bond motifs is 1. The molecule has 1 aromatic carbocycles. The standard InChI is InChI=1S/C11H15NS/c12-6-5-9-3-4-10-2-1-7-13-11(10)8-9/h3-4,8H,1-2,5-7,12H2. The summed E-state index contributed by atoms with van der Waals surface area (Å²) in [5, 5.41) is 0. The molecule has 2 rings (SSSR count). The normalized spacial score (nSPS) is 15.5. The van der Waals surface area contributed by atoms with Crippen molar-refractivity contribution in [1.82, 2.24) is 0 Å². The Hall–Kier alpha value is -0.470. The molecule has 0 saturated carbocycles. The Morgan fingerprint density at radius 3 is 3.15 bits per heavy atom. The molecule has 13 heavy (non-hydrogen) atoms. The first-order valence-electron chi connectivity index (χ1n) is 4.85. The highest BCUT2D eigenvalue weighted by molar-refractivity contribution is 7.99. The Kier molecular flexibility index (Phi) is 2.91. The molecule has 1 aromatic rings. The highest BCUT2D eigenvalue weighted by Gasteiger charge is 2.09. The zero-order chi connectivity index (χ0) is 9.10. The van der Waals surface area contributed by atoms with E-state index >= 15 is 0 Å². The van der Waals surface area contributed by atoms with Crippen LogP contribution in [-0.4, -0.2) is 12.3 Å². The van der Waals surface area contributed by atoms with E-state index in [9.17, 15) is 0 Å². The SMILES string of the molecule is NCCc1ccc2c(c1)SCCC2. The fraction of sp³-hybridized carbons (Fsp3) is 0.455. The lowest BCUT2D eigenvalue weighted by Crippen LogP contribution is -2.04. The predicted molar refractivity (Wildman–Crippen MR) is 58.2 cm³/mol. The van der Waals surface area contributed by atoms with Crippen molar-refractivity contribution in [3.05, 3.63) is 29.3 Å². The number of nitrogens with two attached hydrogens (primary N) is 1. The van der Waals surface area contributed by atoms with Gasteiger partial charge in [0, 0.05) is 4.90 Å². The van der Waals surface area contributed by atoms with Gasteiger partial charge in [-0.05, 0) is 48.8 Å². The van der Waals surface area contributed by atoms with Crippen molar-refractivity contribution < 1.29 is 0 Å². The Morgan fingerprint density at radius 2 is 2.31 bits per heavy atom. The third-order valence-electron chi connectivity index (χ3n) is 2.41. The first kappa shape index (κ1) is 9.10. The minimum Gasteiger partial charge on any atom is -0.330 e. The smallest absolute Gasteiger partial charge is 0.0107 e. The second kappa shape index (κ2) is 4.16. The molecule has 2 N–H and O–H groups in total. The molecular weight excluding hydrogens is 178 g/mol. The molecule has 2 heteroatoms. The van der Waals surface area contributed by atoms with Crippen LogP contribution in [0.25, 0.3) is 0 Å². The van der Waals surface area contributed by atoms with Crippen LogP contribution in [-0.2, 0) is 12.8 Å². The minimum atomic E-state index is 0.753. The van der Waals surface area contributed by atoms with Crippen molar-refractivity contribution in [2.24, 2.45) is 5.73 Å². The Labute approximate surface area is 83.7 Å². The van der Waals surface area contributed by atoms with Crippen LogP contribution in [0.2, 0.25) is 0 Å². The van der Waals surface area contributed by atoms with Crippen molar-refractivity contribution >= 4 is 11.8 Å². The molecule has 0 amide bonds. The Balaban J connectivity index is 2.24. The van der Waals surface area contributed by atoms with Crippen molar-refractivity contribution in [3.63, 3.8) is 0 Å². The lowest BCUT2D eigenvalue weighted by atomic mass is 10.1. The van der Waals surface area contributed by atoms with E-state index in [2.05, 4.69) is 18.2 Å². The Morgan fingerprint density at radius 1 is 1.38 bits per heavy atom. The highest BCUT2D eigenvalue weighted by atomic mass is 32.2. The van der Waals surface area contributed by atoms with Gasteiger partial charge in [-0.25, -0.2) is 0 Å². The van der Waals surface area contributed by atoms with E-state index < -0.39 is 0 Å². The van der Waals surface area contributed by atoms with E-state index in [-0.39, 0.29) is 0 Å². The molecule has 0 saturated heterocycles. The highest BCUT2D eigenvalue weighted by Crippen LogP contribution is 2.30. The topological polar surface area (TPSA) is 26.0 Å². The summed E-state index contributed by atoms with van der Waals surface area (Å²) in [6.45, 7) is 0.753. The van der Waals surface area contributed by atoms with Gasteiger partial charge in [0.1, 0.15) is 0 Å². The first-order valence-corrected chi connectivity index (χ1v) is 5.83. The van der Waals surface area contributed by atoms with Gasteiger partial charge in [-0.3, -0.25) is 0 Å². The van der Waals surface area contributed by atoms with Crippen LogP contribution in [0.4, 0.5) is 0 Å². The quantitative estimate of drug-likeness (QED) is 0.779. The number of rotatable bonds is 2. The number of benzene rings is 1. The third kappa shape index (κ3) is 2.06. The monoisotopic (exact) mass is 193 g/mol. The van der Waals surface area contributed by atoms with E-state index in [1.807, 2.05) is 11.8 Å². The summed E-state index contributed by atoms with van der Waals surface area (Å²) in [6, 6.07) is 6.80. The van der Waals surface area contributed by atoms with Crippen molar-refractivity contribution in [1.29, 1.82) is 0 Å². The molecule has 1 heterocycles. The van der Waals surface area contributed by atoms with Gasteiger partial charge in [-0.15, -0.1) is 11.8 Å². The zero-order valence-electron chi connectivity index (χ0n) is 7.75. The largest absolute Gasteiger partial charge is 0.330 e. The molecule has 1 nitrogen and oxygen atoms in total. The summed E-state index contributed by atoms with van der Waals surface area (Å²) in [5.74, 6) is 1.28. The molecule has 1 aliphatic heterocycles. The predicted octanol–water partition coefficient (Wildman–Crippen LogP) is 2.23. The van der Waals surface area contributed by atoms with Crippen LogP contribution in [0.5, 0.6) is 0 Å². The van der Waals surface area contributed by atoms with Crippen LogP contribution in [0.3, 0.4) is 0 Å². The average molecular weight is 193 g/mol. The summed E-state index contributed by atoms with van der Waals surface area (Å²) in [6.07, 6.45) is 3.59. The van der Waals surface area contributed by atoms with E-state index in [0.29, 0.717) is 0 Å². The number of thioether (sulfide) groups is 1. The van der Waals surface area contributed by atoms with Crippen molar-refractivity contribution in [2.45, 2.75) is 24.2 Å². The van der Waals surface area contributed by atoms with Crippen LogP contribution in [0, 0.1) is 0 Å². The molecule has 0 unspecified atom stereocenters. The lowest BCUT2D eigenvalue weighted by molar-refractivity contribution is 0.880. The third-order valence-corrected chi connectivity index (χ3v) is 3.60. The molecule has 0 bridgehead atoms. The fourth-order valence-electron chi connectivity index (χ4n) is 1.71. The number of hydrogen-bond donors (Lipinski definition) is 1. The van der Waals surface area contributed by atoms with Crippen LogP contribution in [0.15, 0.2) is 23.1 Å². The second-order valence-electron chi connectivity index (χ2n) is 3.43. The van der Waals surface area contributed by atoms with Crippen LogP contribution < -0.4 is 5.73 Å². The molecule has 0 radical (unpaired) electrons. The van der Waals surface area contributed by atoms with Crippen molar-refractivity contribution in [2.75, 3.05) is 12.3 Å². The summed E-state index contributed by atoms with van der Waals surface area (Å²) in [5.41, 5.74) is 8.44. The lowest BCUT2D eigenvalue weighted by Gasteiger charge is -2.15. The molecule has 0 spiro atoms. The van der Waals surface area contributed by atoms with Gasteiger partial charge in [-0.2, -0.15) is 0 Å². The van der Waals surface area contributed by atoms with Gasteiger partial charge >= 0.3 is 0 Å². The van der Waals surface area contributed by atoms with Gasteiger partial charge in [0.25, 0.3) is 0 Å². The van der Waals surface area contributed by atoms with E-state index in [1.165, 1.54) is 34.6 Å². The van der Waals surface area contributed by atoms with Gasteiger partial charge in [0.2, 0.25) is 0 Å². The maximum Gasteiger partial charge on any atom is 0.0107 e. The summed E-state index contributed by atoms with van der Waals surface area (Å²) < 4.78 is 0.